The van der Waals surface area contributed by atoms with Gasteiger partial charge in [-0.25, -0.2) is 13.6 Å². The monoisotopic (exact) mass is 323 g/mol. The fourth-order valence-corrected chi connectivity index (χ4v) is 2.68. The van der Waals surface area contributed by atoms with Crippen LogP contribution in [0.4, 0.5) is 8.78 Å². The first-order chi connectivity index (χ1) is 8.00. The minimum atomic E-state index is -3.01. The number of hydrogen-bond acceptors (Lipinski definition) is 4. The van der Waals surface area contributed by atoms with E-state index in [-0.39, 0.29) is 5.69 Å². The molecule has 2 rings (SSSR count). The molecule has 0 atom stereocenters. The summed E-state index contributed by atoms with van der Waals surface area (Å²) in [6.07, 6.45) is -3.01. The van der Waals surface area contributed by atoms with Crippen LogP contribution >= 0.6 is 27.3 Å². The van der Waals surface area contributed by atoms with E-state index in [9.17, 15) is 13.6 Å². The van der Waals surface area contributed by atoms with Gasteiger partial charge in [0.1, 0.15) is 11.3 Å². The molecule has 0 unspecified atom stereocenters. The Balaban J connectivity index is 2.59. The van der Waals surface area contributed by atoms with Gasteiger partial charge in [-0.3, -0.25) is 0 Å². The maximum absolute atomic E-state index is 12.5. The molecular formula is C9H4BrF2NO3S. The lowest BCUT2D eigenvalue weighted by atomic mass is 10.1. The highest BCUT2D eigenvalue weighted by molar-refractivity contribution is 9.10. The maximum Gasteiger partial charge on any atom is 0.341 e. The van der Waals surface area contributed by atoms with Crippen LogP contribution < -0.4 is 0 Å². The van der Waals surface area contributed by atoms with Crippen LogP contribution in [0.3, 0.4) is 0 Å². The van der Waals surface area contributed by atoms with Gasteiger partial charge in [0.15, 0.2) is 0 Å². The topological polar surface area (TPSA) is 63.3 Å². The number of aromatic nitrogens is 1. The molecule has 1 N–H and O–H groups in total. The van der Waals surface area contributed by atoms with Gasteiger partial charge in [-0.15, -0.1) is 11.3 Å². The summed E-state index contributed by atoms with van der Waals surface area (Å²) in [5.41, 5.74) is -0.669. The Morgan fingerprint density at radius 1 is 1.59 bits per heavy atom. The van der Waals surface area contributed by atoms with Crippen molar-refractivity contribution in [3.8, 4) is 10.6 Å². The molecule has 0 saturated carbocycles. The Morgan fingerprint density at radius 3 is 2.76 bits per heavy atom. The largest absolute Gasteiger partial charge is 0.477 e. The van der Waals surface area contributed by atoms with Crippen molar-refractivity contribution < 1.29 is 23.2 Å². The number of nitrogens with zero attached hydrogens (tertiary/aromatic N) is 1. The van der Waals surface area contributed by atoms with E-state index in [2.05, 4.69) is 25.6 Å². The third-order valence-electron chi connectivity index (χ3n) is 1.93. The molecule has 0 spiro atoms. The van der Waals surface area contributed by atoms with Crippen molar-refractivity contribution in [3.05, 3.63) is 27.2 Å². The number of halogens is 3. The number of aromatic carboxylic acids is 1. The molecule has 2 aromatic rings. The average Bonchev–Trinajstić information content (AvgIpc) is 2.82. The van der Waals surface area contributed by atoms with Gasteiger partial charge in [-0.2, -0.15) is 0 Å². The fourth-order valence-electron chi connectivity index (χ4n) is 1.26. The maximum atomic E-state index is 12.5. The van der Waals surface area contributed by atoms with Gasteiger partial charge in [-0.05, 0) is 22.0 Å². The number of carboxylic acid groups (broad SMARTS) is 1. The zero-order valence-corrected chi connectivity index (χ0v) is 10.4. The highest BCUT2D eigenvalue weighted by Crippen LogP contribution is 2.35. The summed E-state index contributed by atoms with van der Waals surface area (Å²) in [7, 11) is 0. The van der Waals surface area contributed by atoms with Gasteiger partial charge in [0.2, 0.25) is 5.76 Å². The number of thiophene rings is 1. The fraction of sp³-hybridized carbons (Fsp3) is 0.111. The van der Waals surface area contributed by atoms with E-state index in [1.54, 1.807) is 11.4 Å². The summed E-state index contributed by atoms with van der Waals surface area (Å²) in [5.74, 6) is -2.40. The normalized spacial score (nSPS) is 11.1. The third kappa shape index (κ3) is 2.22. The second-order valence-corrected chi connectivity index (χ2v) is 4.83. The first kappa shape index (κ1) is 12.2. The number of carbonyl (C=O) groups is 1. The van der Waals surface area contributed by atoms with Crippen molar-refractivity contribution in [2.75, 3.05) is 0 Å². The zero-order valence-electron chi connectivity index (χ0n) is 7.99. The van der Waals surface area contributed by atoms with Crippen molar-refractivity contribution in [2.24, 2.45) is 0 Å². The standard InChI is InChI=1S/C9H4BrF2NO3S/c10-3-1-4(17-2-3)6-5(9(14)15)7(8(11)12)16-13-6/h1-2,8H,(H,14,15). The molecular weight excluding hydrogens is 320 g/mol. The van der Waals surface area contributed by atoms with Gasteiger partial charge >= 0.3 is 5.97 Å². The summed E-state index contributed by atoms with van der Waals surface area (Å²) in [6.45, 7) is 0. The number of carboxylic acids is 1. The molecule has 0 bridgehead atoms. The lowest BCUT2D eigenvalue weighted by Gasteiger charge is -1.95. The van der Waals surface area contributed by atoms with E-state index in [0.717, 1.165) is 4.47 Å². The number of rotatable bonds is 3. The molecule has 2 heterocycles. The van der Waals surface area contributed by atoms with Crippen LogP contribution in [-0.2, 0) is 0 Å². The summed E-state index contributed by atoms with van der Waals surface area (Å²) in [5, 5.41) is 14.0. The lowest BCUT2D eigenvalue weighted by molar-refractivity contribution is 0.0670. The van der Waals surface area contributed by atoms with Crippen LogP contribution in [-0.4, -0.2) is 16.2 Å². The van der Waals surface area contributed by atoms with E-state index < -0.39 is 23.7 Å². The van der Waals surface area contributed by atoms with Crippen molar-refractivity contribution >= 4 is 33.2 Å². The molecule has 90 valence electrons. The van der Waals surface area contributed by atoms with Gasteiger partial charge in [-0.1, -0.05) is 5.16 Å². The van der Waals surface area contributed by atoms with Crippen LogP contribution in [0.25, 0.3) is 10.6 Å². The molecule has 8 heteroatoms. The highest BCUT2D eigenvalue weighted by Gasteiger charge is 2.29. The van der Waals surface area contributed by atoms with Crippen LogP contribution in [0.5, 0.6) is 0 Å². The van der Waals surface area contributed by atoms with E-state index >= 15 is 0 Å². The molecule has 4 nitrogen and oxygen atoms in total. The van der Waals surface area contributed by atoms with Crippen LogP contribution in [0.1, 0.15) is 22.5 Å². The summed E-state index contributed by atoms with van der Waals surface area (Å²) >= 11 is 4.36. The van der Waals surface area contributed by atoms with Gasteiger partial charge in [0.25, 0.3) is 6.43 Å². The van der Waals surface area contributed by atoms with E-state index in [4.69, 9.17) is 5.11 Å². The summed E-state index contributed by atoms with van der Waals surface area (Å²) in [6, 6.07) is 1.59. The zero-order chi connectivity index (χ0) is 12.6. The Bertz CT molecular complexity index is 566. The van der Waals surface area contributed by atoms with Gasteiger partial charge in [0.05, 0.1) is 4.88 Å². The van der Waals surface area contributed by atoms with Crippen LogP contribution in [0, 0.1) is 0 Å². The average molecular weight is 324 g/mol. The van der Waals surface area contributed by atoms with Crippen molar-refractivity contribution in [1.82, 2.24) is 5.16 Å². The van der Waals surface area contributed by atoms with E-state index in [0.29, 0.717) is 4.88 Å². The molecule has 0 amide bonds. The molecule has 0 aliphatic rings. The third-order valence-corrected chi connectivity index (χ3v) is 3.63. The molecule has 0 fully saturated rings. The van der Waals surface area contributed by atoms with E-state index in [1.807, 2.05) is 0 Å². The quantitative estimate of drug-likeness (QED) is 0.933. The number of alkyl halides is 2. The van der Waals surface area contributed by atoms with Crippen molar-refractivity contribution in [2.45, 2.75) is 6.43 Å². The minimum Gasteiger partial charge on any atom is -0.477 e. The SMILES string of the molecule is O=C(O)c1c(-c2cc(Br)cs2)noc1C(F)F. The summed E-state index contributed by atoms with van der Waals surface area (Å²) < 4.78 is 30.1. The Kier molecular flexibility index (Phi) is 3.25. The predicted octanol–water partition coefficient (Wildman–Crippen LogP) is 3.80. The number of hydrogen-bond donors (Lipinski definition) is 1. The molecule has 0 saturated heterocycles. The van der Waals surface area contributed by atoms with Gasteiger partial charge < -0.3 is 9.63 Å². The minimum absolute atomic E-state index is 0.0801. The molecule has 0 aliphatic carbocycles. The Labute approximate surface area is 106 Å². The second-order valence-electron chi connectivity index (χ2n) is 3.01. The van der Waals surface area contributed by atoms with Crippen LogP contribution in [0.2, 0.25) is 0 Å². The molecule has 2 aromatic heterocycles. The first-order valence-electron chi connectivity index (χ1n) is 4.26. The summed E-state index contributed by atoms with van der Waals surface area (Å²) in [4.78, 5) is 11.4. The Hall–Kier alpha value is -1.28. The second kappa shape index (κ2) is 4.53. The predicted molar refractivity (Wildman–Crippen MR) is 59.4 cm³/mol. The van der Waals surface area contributed by atoms with E-state index in [1.165, 1.54) is 11.3 Å². The van der Waals surface area contributed by atoms with Gasteiger partial charge in [0, 0.05) is 9.85 Å². The molecule has 0 aliphatic heterocycles. The smallest absolute Gasteiger partial charge is 0.341 e. The van der Waals surface area contributed by atoms with Crippen molar-refractivity contribution in [1.29, 1.82) is 0 Å². The van der Waals surface area contributed by atoms with Crippen LogP contribution in [0.15, 0.2) is 20.4 Å². The Morgan fingerprint density at radius 2 is 2.29 bits per heavy atom. The highest BCUT2D eigenvalue weighted by atomic mass is 79.9. The van der Waals surface area contributed by atoms with Crippen molar-refractivity contribution in [3.63, 3.8) is 0 Å². The molecule has 0 aromatic carbocycles. The first-order valence-corrected chi connectivity index (χ1v) is 5.93. The molecule has 0 radical (unpaired) electrons. The molecule has 17 heavy (non-hydrogen) atoms. The lowest BCUT2D eigenvalue weighted by Crippen LogP contribution is -2.01.